The second-order valence-electron chi connectivity index (χ2n) is 6.18. The van der Waals surface area contributed by atoms with Gasteiger partial charge in [0.1, 0.15) is 0 Å². The highest BCUT2D eigenvalue weighted by atomic mass is 16.5. The van der Waals surface area contributed by atoms with Crippen LogP contribution in [0.1, 0.15) is 39.5 Å². The van der Waals surface area contributed by atoms with Gasteiger partial charge >= 0.3 is 0 Å². The van der Waals surface area contributed by atoms with Gasteiger partial charge in [0.15, 0.2) is 0 Å². The Labute approximate surface area is 116 Å². The molecular weight excluding hydrogens is 240 g/mol. The van der Waals surface area contributed by atoms with Crippen molar-refractivity contribution in [3.05, 3.63) is 0 Å². The third-order valence-electron chi connectivity index (χ3n) is 4.68. The highest BCUT2D eigenvalue weighted by molar-refractivity contribution is 5.78. The first-order chi connectivity index (χ1) is 9.16. The molecule has 0 aromatic rings. The van der Waals surface area contributed by atoms with Gasteiger partial charge in [-0.2, -0.15) is 0 Å². The number of likely N-dealkylation sites (tertiary alicyclic amines) is 1. The lowest BCUT2D eigenvalue weighted by molar-refractivity contribution is -0.131. The minimum absolute atomic E-state index is 0.269. The van der Waals surface area contributed by atoms with E-state index in [1.54, 1.807) is 0 Å². The van der Waals surface area contributed by atoms with Gasteiger partial charge < -0.3 is 15.0 Å². The number of hydrogen-bond donors (Lipinski definition) is 1. The van der Waals surface area contributed by atoms with Crippen LogP contribution >= 0.6 is 0 Å². The van der Waals surface area contributed by atoms with Gasteiger partial charge in [-0.1, -0.05) is 6.92 Å². The molecule has 4 heteroatoms. The van der Waals surface area contributed by atoms with Crippen LogP contribution in [0.15, 0.2) is 0 Å². The lowest BCUT2D eigenvalue weighted by Gasteiger charge is -2.32. The number of rotatable bonds is 4. The normalized spacial score (nSPS) is 24.4. The highest BCUT2D eigenvalue weighted by Crippen LogP contribution is 2.19. The Kier molecular flexibility index (Phi) is 5.64. The molecule has 19 heavy (non-hydrogen) atoms. The van der Waals surface area contributed by atoms with Crippen molar-refractivity contribution in [3.63, 3.8) is 0 Å². The Balaban J connectivity index is 1.67. The minimum Gasteiger partial charge on any atom is -0.381 e. The van der Waals surface area contributed by atoms with Gasteiger partial charge in [0.25, 0.3) is 0 Å². The highest BCUT2D eigenvalue weighted by Gasteiger charge is 2.23. The molecule has 1 N–H and O–H groups in total. The van der Waals surface area contributed by atoms with Crippen molar-refractivity contribution in [2.45, 2.75) is 45.6 Å². The summed E-state index contributed by atoms with van der Waals surface area (Å²) < 4.78 is 5.38. The van der Waals surface area contributed by atoms with E-state index in [9.17, 15) is 4.79 Å². The third kappa shape index (κ3) is 4.46. The standard InChI is InChI=1S/C15H28N2O2/c1-12-3-7-17(8-4-12)15(18)11-16-13(2)14-5-9-19-10-6-14/h12-14,16H,3-11H2,1-2H3/t13-/m1/s1. The summed E-state index contributed by atoms with van der Waals surface area (Å²) in [4.78, 5) is 14.1. The summed E-state index contributed by atoms with van der Waals surface area (Å²) in [6.07, 6.45) is 4.54. The molecule has 0 unspecified atom stereocenters. The van der Waals surface area contributed by atoms with Crippen LogP contribution in [0.25, 0.3) is 0 Å². The zero-order valence-electron chi connectivity index (χ0n) is 12.4. The third-order valence-corrected chi connectivity index (χ3v) is 4.68. The Morgan fingerprint density at radius 1 is 1.26 bits per heavy atom. The molecule has 2 aliphatic rings. The predicted octanol–water partition coefficient (Wildman–Crippen LogP) is 1.65. The second kappa shape index (κ2) is 7.25. The van der Waals surface area contributed by atoms with E-state index in [2.05, 4.69) is 19.2 Å². The van der Waals surface area contributed by atoms with Crippen molar-refractivity contribution >= 4 is 5.91 Å². The number of carbonyl (C=O) groups is 1. The topological polar surface area (TPSA) is 41.6 Å². The molecule has 0 spiro atoms. The summed E-state index contributed by atoms with van der Waals surface area (Å²) in [5, 5.41) is 3.41. The van der Waals surface area contributed by atoms with Crippen LogP contribution in [-0.2, 0) is 9.53 Å². The zero-order valence-corrected chi connectivity index (χ0v) is 12.4. The maximum atomic E-state index is 12.1. The molecule has 2 aliphatic heterocycles. The molecule has 0 saturated carbocycles. The largest absolute Gasteiger partial charge is 0.381 e. The fraction of sp³-hybridized carbons (Fsp3) is 0.933. The van der Waals surface area contributed by atoms with E-state index in [1.165, 1.54) is 0 Å². The molecule has 4 nitrogen and oxygen atoms in total. The van der Waals surface area contributed by atoms with Crippen LogP contribution < -0.4 is 5.32 Å². The molecule has 1 amide bonds. The first-order valence-corrected chi connectivity index (χ1v) is 7.75. The zero-order chi connectivity index (χ0) is 13.7. The summed E-state index contributed by atoms with van der Waals surface area (Å²) in [5.74, 6) is 1.70. The maximum absolute atomic E-state index is 12.1. The molecule has 2 saturated heterocycles. The molecule has 2 fully saturated rings. The summed E-state index contributed by atoms with van der Waals surface area (Å²) >= 11 is 0. The van der Waals surface area contributed by atoms with Crippen molar-refractivity contribution in [3.8, 4) is 0 Å². The quantitative estimate of drug-likeness (QED) is 0.843. The van der Waals surface area contributed by atoms with E-state index < -0.39 is 0 Å². The number of nitrogens with one attached hydrogen (secondary N) is 1. The number of nitrogens with zero attached hydrogens (tertiary/aromatic N) is 1. The Hall–Kier alpha value is -0.610. The number of hydrogen-bond acceptors (Lipinski definition) is 3. The Morgan fingerprint density at radius 3 is 2.53 bits per heavy atom. The fourth-order valence-corrected chi connectivity index (χ4v) is 3.00. The molecule has 0 aromatic heterocycles. The van der Waals surface area contributed by atoms with E-state index in [-0.39, 0.29) is 5.91 Å². The first-order valence-electron chi connectivity index (χ1n) is 7.75. The van der Waals surface area contributed by atoms with Crippen LogP contribution in [0.2, 0.25) is 0 Å². The van der Waals surface area contributed by atoms with Crippen LogP contribution in [0.3, 0.4) is 0 Å². The van der Waals surface area contributed by atoms with Gasteiger partial charge in [0.2, 0.25) is 5.91 Å². The monoisotopic (exact) mass is 268 g/mol. The fourth-order valence-electron chi connectivity index (χ4n) is 3.00. The lowest BCUT2D eigenvalue weighted by Crippen LogP contribution is -2.46. The van der Waals surface area contributed by atoms with Gasteiger partial charge in [-0.25, -0.2) is 0 Å². The molecule has 1 atom stereocenters. The molecule has 2 rings (SSSR count). The summed E-state index contributed by atoms with van der Waals surface area (Å²) in [6, 6.07) is 0.413. The van der Waals surface area contributed by atoms with Crippen molar-refractivity contribution in [1.82, 2.24) is 10.2 Å². The average Bonchev–Trinajstić information content (AvgIpc) is 2.46. The van der Waals surface area contributed by atoms with E-state index in [0.717, 1.165) is 57.9 Å². The van der Waals surface area contributed by atoms with E-state index in [4.69, 9.17) is 4.74 Å². The number of carbonyl (C=O) groups excluding carboxylic acids is 1. The molecular formula is C15H28N2O2. The van der Waals surface area contributed by atoms with Gasteiger partial charge in [-0.05, 0) is 44.4 Å². The van der Waals surface area contributed by atoms with E-state index in [0.29, 0.717) is 18.5 Å². The first kappa shape index (κ1) is 14.8. The summed E-state index contributed by atoms with van der Waals surface area (Å²) in [5.41, 5.74) is 0. The van der Waals surface area contributed by atoms with Gasteiger partial charge in [0, 0.05) is 32.3 Å². The van der Waals surface area contributed by atoms with Crippen molar-refractivity contribution in [1.29, 1.82) is 0 Å². The molecule has 2 heterocycles. The van der Waals surface area contributed by atoms with E-state index in [1.807, 2.05) is 4.90 Å². The van der Waals surface area contributed by atoms with Gasteiger partial charge in [-0.3, -0.25) is 4.79 Å². The van der Waals surface area contributed by atoms with Crippen LogP contribution in [0.4, 0.5) is 0 Å². The van der Waals surface area contributed by atoms with Crippen LogP contribution in [-0.4, -0.2) is 49.7 Å². The lowest BCUT2D eigenvalue weighted by atomic mass is 9.93. The number of piperidine rings is 1. The summed E-state index contributed by atoms with van der Waals surface area (Å²) in [6.45, 7) is 8.58. The molecule has 110 valence electrons. The second-order valence-corrected chi connectivity index (χ2v) is 6.18. The smallest absolute Gasteiger partial charge is 0.236 e. The minimum atomic E-state index is 0.269. The molecule has 0 bridgehead atoms. The molecule has 0 radical (unpaired) electrons. The Bertz CT molecular complexity index is 282. The Morgan fingerprint density at radius 2 is 1.89 bits per heavy atom. The van der Waals surface area contributed by atoms with E-state index >= 15 is 0 Å². The van der Waals surface area contributed by atoms with Crippen molar-refractivity contribution < 1.29 is 9.53 Å². The SMILES string of the molecule is CC1CCN(C(=O)CN[C@H](C)C2CCOCC2)CC1. The molecule has 0 aromatic carbocycles. The maximum Gasteiger partial charge on any atom is 0.236 e. The van der Waals surface area contributed by atoms with Gasteiger partial charge in [-0.15, -0.1) is 0 Å². The number of ether oxygens (including phenoxy) is 1. The number of amides is 1. The predicted molar refractivity (Wildman–Crippen MR) is 76.0 cm³/mol. The van der Waals surface area contributed by atoms with Gasteiger partial charge in [0.05, 0.1) is 6.54 Å². The van der Waals surface area contributed by atoms with Crippen LogP contribution in [0.5, 0.6) is 0 Å². The molecule has 0 aliphatic carbocycles. The average molecular weight is 268 g/mol. The van der Waals surface area contributed by atoms with Crippen LogP contribution in [0, 0.1) is 11.8 Å². The van der Waals surface area contributed by atoms with Crippen molar-refractivity contribution in [2.24, 2.45) is 11.8 Å². The van der Waals surface area contributed by atoms with Crippen molar-refractivity contribution in [2.75, 3.05) is 32.8 Å². The summed E-state index contributed by atoms with van der Waals surface area (Å²) in [7, 11) is 0.